The summed E-state index contributed by atoms with van der Waals surface area (Å²) in [6, 6.07) is 13.1. The number of piperidine rings is 1. The standard InChI is InChI=1S/C27H34N6O2/c1-31-12-8-23(9-13-31)32-14-16-33(17-15-32)27(35)25(19-22-4-2-3-10-28-22)30-26(34)21-6-5-20-7-11-29-24(20)18-21/h2-7,10-11,18,23,25,29H,8-9,12-17,19H2,1H3,(H,30,34)/t25-/m1/s1. The number of piperazine rings is 1. The lowest BCUT2D eigenvalue weighted by molar-refractivity contribution is -0.135. The van der Waals surface area contributed by atoms with Gasteiger partial charge in [-0.1, -0.05) is 12.1 Å². The Kier molecular flexibility index (Phi) is 7.11. The molecule has 0 spiro atoms. The Bertz CT molecular complexity index is 1150. The van der Waals surface area contributed by atoms with Gasteiger partial charge in [0.15, 0.2) is 0 Å². The third-order valence-corrected chi connectivity index (χ3v) is 7.39. The van der Waals surface area contributed by atoms with E-state index < -0.39 is 6.04 Å². The summed E-state index contributed by atoms with van der Waals surface area (Å²) in [5.74, 6) is -0.284. The van der Waals surface area contributed by atoms with Crippen molar-refractivity contribution in [3.8, 4) is 0 Å². The summed E-state index contributed by atoms with van der Waals surface area (Å²) < 4.78 is 0. The van der Waals surface area contributed by atoms with E-state index in [2.05, 4.69) is 32.1 Å². The van der Waals surface area contributed by atoms with Crippen molar-refractivity contribution in [2.24, 2.45) is 0 Å². The highest BCUT2D eigenvalue weighted by Gasteiger charge is 2.32. The summed E-state index contributed by atoms with van der Waals surface area (Å²) in [5.41, 5.74) is 2.22. The maximum Gasteiger partial charge on any atom is 0.252 e. The minimum Gasteiger partial charge on any atom is -0.361 e. The van der Waals surface area contributed by atoms with Crippen LogP contribution in [0.25, 0.3) is 10.9 Å². The highest BCUT2D eigenvalue weighted by Crippen LogP contribution is 2.19. The normalized spacial score (nSPS) is 19.1. The molecular formula is C27H34N6O2. The van der Waals surface area contributed by atoms with Crippen molar-refractivity contribution in [3.63, 3.8) is 0 Å². The molecule has 2 aliphatic rings. The zero-order valence-electron chi connectivity index (χ0n) is 20.3. The molecule has 2 amide bonds. The molecule has 1 atom stereocenters. The van der Waals surface area contributed by atoms with Crippen molar-refractivity contribution < 1.29 is 9.59 Å². The quantitative estimate of drug-likeness (QED) is 0.572. The monoisotopic (exact) mass is 474 g/mol. The van der Waals surface area contributed by atoms with Gasteiger partial charge in [-0.2, -0.15) is 0 Å². The minimum absolute atomic E-state index is 0.0343. The topological polar surface area (TPSA) is 84.6 Å². The third kappa shape index (κ3) is 5.55. The van der Waals surface area contributed by atoms with Gasteiger partial charge in [0.1, 0.15) is 6.04 Å². The molecule has 184 valence electrons. The Morgan fingerprint density at radius 1 is 1.06 bits per heavy atom. The first-order chi connectivity index (χ1) is 17.1. The average molecular weight is 475 g/mol. The molecule has 4 heterocycles. The van der Waals surface area contributed by atoms with Gasteiger partial charge in [-0.3, -0.25) is 19.5 Å². The van der Waals surface area contributed by atoms with E-state index in [0.29, 0.717) is 31.1 Å². The number of hydrogen-bond donors (Lipinski definition) is 2. The number of carbonyl (C=O) groups is 2. The number of nitrogens with zero attached hydrogens (tertiary/aromatic N) is 4. The molecule has 3 aromatic rings. The lowest BCUT2D eigenvalue weighted by Crippen LogP contribution is -2.58. The van der Waals surface area contributed by atoms with E-state index in [1.54, 1.807) is 12.3 Å². The van der Waals surface area contributed by atoms with Crippen molar-refractivity contribution in [2.75, 3.05) is 46.3 Å². The number of rotatable bonds is 6. The molecule has 0 aliphatic carbocycles. The van der Waals surface area contributed by atoms with Crippen molar-refractivity contribution in [2.45, 2.75) is 31.3 Å². The second-order valence-corrected chi connectivity index (χ2v) is 9.73. The van der Waals surface area contributed by atoms with Crippen molar-refractivity contribution in [1.29, 1.82) is 0 Å². The van der Waals surface area contributed by atoms with Gasteiger partial charge in [0.05, 0.1) is 0 Å². The van der Waals surface area contributed by atoms with Gasteiger partial charge in [-0.05, 0) is 68.7 Å². The molecule has 0 unspecified atom stereocenters. The highest BCUT2D eigenvalue weighted by molar-refractivity contribution is 6.00. The van der Waals surface area contributed by atoms with E-state index in [0.717, 1.165) is 42.8 Å². The van der Waals surface area contributed by atoms with Crippen molar-refractivity contribution in [1.82, 2.24) is 30.0 Å². The maximum absolute atomic E-state index is 13.6. The Labute approximate surface area is 206 Å². The Morgan fingerprint density at radius 3 is 2.60 bits per heavy atom. The van der Waals surface area contributed by atoms with Crippen LogP contribution >= 0.6 is 0 Å². The number of nitrogens with one attached hydrogen (secondary N) is 2. The number of aromatic nitrogens is 2. The fraction of sp³-hybridized carbons (Fsp3) is 0.444. The molecule has 5 rings (SSSR count). The second kappa shape index (κ2) is 10.6. The first kappa shape index (κ1) is 23.5. The third-order valence-electron chi connectivity index (χ3n) is 7.39. The molecule has 0 radical (unpaired) electrons. The molecule has 1 aromatic carbocycles. The molecule has 2 aliphatic heterocycles. The van der Waals surface area contributed by atoms with Crippen LogP contribution in [-0.2, 0) is 11.2 Å². The first-order valence-electron chi connectivity index (χ1n) is 12.6. The largest absolute Gasteiger partial charge is 0.361 e. The predicted octanol–water partition coefficient (Wildman–Crippen LogP) is 2.14. The van der Waals surface area contributed by atoms with Gasteiger partial charge in [-0.25, -0.2) is 0 Å². The van der Waals surface area contributed by atoms with E-state index in [1.165, 1.54) is 12.8 Å². The number of pyridine rings is 1. The fourth-order valence-corrected chi connectivity index (χ4v) is 5.25. The summed E-state index contributed by atoms with van der Waals surface area (Å²) >= 11 is 0. The molecule has 0 saturated carbocycles. The molecule has 2 N–H and O–H groups in total. The molecule has 0 bridgehead atoms. The first-order valence-corrected chi connectivity index (χ1v) is 12.6. The number of fused-ring (bicyclic) bond motifs is 1. The van der Waals surface area contributed by atoms with Crippen LogP contribution in [0.4, 0.5) is 0 Å². The summed E-state index contributed by atoms with van der Waals surface area (Å²) in [7, 11) is 2.18. The van der Waals surface area contributed by atoms with Crippen molar-refractivity contribution >= 4 is 22.7 Å². The molecule has 2 fully saturated rings. The van der Waals surface area contributed by atoms with Crippen LogP contribution in [0, 0.1) is 0 Å². The van der Waals surface area contributed by atoms with E-state index in [-0.39, 0.29) is 11.8 Å². The second-order valence-electron chi connectivity index (χ2n) is 9.73. The van der Waals surface area contributed by atoms with E-state index in [4.69, 9.17) is 0 Å². The summed E-state index contributed by atoms with van der Waals surface area (Å²) in [4.78, 5) is 41.1. The molecule has 35 heavy (non-hydrogen) atoms. The number of likely N-dealkylation sites (tertiary alicyclic amines) is 1. The Hall–Kier alpha value is -3.23. The molecule has 2 saturated heterocycles. The fourth-order valence-electron chi connectivity index (χ4n) is 5.25. The van der Waals surface area contributed by atoms with Crippen LogP contribution < -0.4 is 5.32 Å². The average Bonchev–Trinajstić information content (AvgIpc) is 3.37. The maximum atomic E-state index is 13.6. The highest BCUT2D eigenvalue weighted by atomic mass is 16.2. The summed E-state index contributed by atoms with van der Waals surface area (Å²) in [5, 5.41) is 4.06. The van der Waals surface area contributed by atoms with Crippen LogP contribution in [0.5, 0.6) is 0 Å². The van der Waals surface area contributed by atoms with Crippen LogP contribution in [0.15, 0.2) is 54.9 Å². The number of aromatic amines is 1. The number of benzene rings is 1. The van der Waals surface area contributed by atoms with Gasteiger partial charge < -0.3 is 20.1 Å². The van der Waals surface area contributed by atoms with Crippen molar-refractivity contribution in [3.05, 3.63) is 66.1 Å². The molecule has 8 nitrogen and oxygen atoms in total. The van der Waals surface area contributed by atoms with Gasteiger partial charge >= 0.3 is 0 Å². The molecular weight excluding hydrogens is 440 g/mol. The lowest BCUT2D eigenvalue weighted by atomic mass is 10.0. The number of H-pyrrole nitrogens is 1. The van der Waals surface area contributed by atoms with Gasteiger partial charge in [0, 0.05) is 67.8 Å². The van der Waals surface area contributed by atoms with Crippen LogP contribution in [0.3, 0.4) is 0 Å². The zero-order chi connectivity index (χ0) is 24.2. The van der Waals surface area contributed by atoms with Crippen LogP contribution in [0.1, 0.15) is 28.9 Å². The molecule has 8 heteroatoms. The summed E-state index contributed by atoms with van der Waals surface area (Å²) in [6.45, 7) is 5.41. The van der Waals surface area contributed by atoms with Gasteiger partial charge in [-0.15, -0.1) is 0 Å². The number of carbonyl (C=O) groups excluding carboxylic acids is 2. The zero-order valence-corrected chi connectivity index (χ0v) is 20.3. The smallest absolute Gasteiger partial charge is 0.252 e. The Balaban J connectivity index is 1.26. The number of amides is 2. The van der Waals surface area contributed by atoms with E-state index in [9.17, 15) is 9.59 Å². The lowest BCUT2D eigenvalue weighted by Gasteiger charge is -2.42. The number of hydrogen-bond acceptors (Lipinski definition) is 5. The Morgan fingerprint density at radius 2 is 1.86 bits per heavy atom. The van der Waals surface area contributed by atoms with E-state index >= 15 is 0 Å². The van der Waals surface area contributed by atoms with Gasteiger partial charge in [0.25, 0.3) is 5.91 Å². The van der Waals surface area contributed by atoms with Crippen LogP contribution in [0.2, 0.25) is 0 Å². The van der Waals surface area contributed by atoms with Crippen LogP contribution in [-0.4, -0.2) is 94.9 Å². The predicted molar refractivity (Wildman–Crippen MR) is 136 cm³/mol. The van der Waals surface area contributed by atoms with E-state index in [1.807, 2.05) is 47.5 Å². The SMILES string of the molecule is CN1CCC(N2CCN(C(=O)[C@@H](Cc3ccccn3)NC(=O)c3ccc4cc[nH]c4c3)CC2)CC1. The molecule has 2 aromatic heterocycles. The minimum atomic E-state index is -0.661. The van der Waals surface area contributed by atoms with Gasteiger partial charge in [0.2, 0.25) is 5.91 Å². The summed E-state index contributed by atoms with van der Waals surface area (Å²) in [6.07, 6.45) is 6.32.